The molecule has 23 heavy (non-hydrogen) atoms. The number of carbonyl (C=O) groups is 1. The molecule has 3 rings (SSSR count). The van der Waals surface area contributed by atoms with Gasteiger partial charge < -0.3 is 14.1 Å². The Bertz CT molecular complexity index is 666. The quantitative estimate of drug-likeness (QED) is 0.799. The minimum Gasteiger partial charge on any atom is -0.459 e. The smallest absolute Gasteiger partial charge is 0.289 e. The molecule has 2 heterocycles. The van der Waals surface area contributed by atoms with E-state index in [1.807, 2.05) is 6.07 Å². The van der Waals surface area contributed by atoms with Crippen LogP contribution in [-0.4, -0.2) is 30.1 Å². The molecule has 1 aliphatic heterocycles. The monoisotopic (exact) mass is 353 g/mol. The molecular weight excluding hydrogens is 337 g/mol. The van der Waals surface area contributed by atoms with Gasteiger partial charge in [0.05, 0.1) is 12.4 Å². The van der Waals surface area contributed by atoms with Crippen LogP contribution in [0.4, 0.5) is 0 Å². The van der Waals surface area contributed by atoms with E-state index in [0.29, 0.717) is 28.9 Å². The van der Waals surface area contributed by atoms with E-state index >= 15 is 0 Å². The lowest BCUT2D eigenvalue weighted by Crippen LogP contribution is -2.36. The van der Waals surface area contributed by atoms with Gasteiger partial charge in [-0.15, -0.1) is 0 Å². The van der Waals surface area contributed by atoms with Crippen LogP contribution in [0.25, 0.3) is 0 Å². The molecule has 4 nitrogen and oxygen atoms in total. The van der Waals surface area contributed by atoms with Gasteiger partial charge in [-0.3, -0.25) is 4.79 Å². The van der Waals surface area contributed by atoms with Crippen molar-refractivity contribution in [2.45, 2.75) is 25.5 Å². The van der Waals surface area contributed by atoms with Gasteiger partial charge in [-0.2, -0.15) is 0 Å². The molecule has 1 aromatic carbocycles. The van der Waals surface area contributed by atoms with Crippen LogP contribution in [0.15, 0.2) is 41.0 Å². The van der Waals surface area contributed by atoms with Gasteiger partial charge in [0.25, 0.3) is 5.91 Å². The Hall–Kier alpha value is -1.49. The van der Waals surface area contributed by atoms with Gasteiger partial charge in [0.2, 0.25) is 0 Å². The van der Waals surface area contributed by atoms with Crippen molar-refractivity contribution >= 4 is 29.1 Å². The van der Waals surface area contributed by atoms with Crippen molar-refractivity contribution in [1.82, 2.24) is 4.90 Å². The number of hydrogen-bond donors (Lipinski definition) is 0. The van der Waals surface area contributed by atoms with Crippen LogP contribution in [0.2, 0.25) is 10.0 Å². The third kappa shape index (κ3) is 4.08. The summed E-state index contributed by atoms with van der Waals surface area (Å²) in [5, 5.41) is 1.11. The summed E-state index contributed by atoms with van der Waals surface area (Å²) in [7, 11) is 0. The Morgan fingerprint density at radius 3 is 2.83 bits per heavy atom. The maximum absolute atomic E-state index is 12.7. The van der Waals surface area contributed by atoms with Crippen molar-refractivity contribution < 1.29 is 13.9 Å². The number of furan rings is 1. The van der Waals surface area contributed by atoms with E-state index in [1.165, 1.54) is 6.26 Å². The molecule has 0 N–H and O–H groups in total. The lowest BCUT2D eigenvalue weighted by molar-refractivity contribution is 0.0484. The average molecular weight is 354 g/mol. The third-order valence-electron chi connectivity index (χ3n) is 3.84. The summed E-state index contributed by atoms with van der Waals surface area (Å²) in [5.74, 6) is 0.143. The number of benzene rings is 1. The van der Waals surface area contributed by atoms with Crippen LogP contribution in [0.5, 0.6) is 0 Å². The number of halogens is 2. The van der Waals surface area contributed by atoms with E-state index in [1.54, 1.807) is 29.2 Å². The van der Waals surface area contributed by atoms with Gasteiger partial charge in [0, 0.05) is 29.7 Å². The highest BCUT2D eigenvalue weighted by Gasteiger charge is 2.25. The molecule has 0 radical (unpaired) electrons. The first-order valence-corrected chi connectivity index (χ1v) is 8.27. The Labute approximate surface area is 144 Å². The number of ether oxygens (including phenoxy) is 1. The van der Waals surface area contributed by atoms with Crippen molar-refractivity contribution in [2.75, 3.05) is 13.2 Å². The van der Waals surface area contributed by atoms with Gasteiger partial charge in [-0.05, 0) is 42.7 Å². The van der Waals surface area contributed by atoms with E-state index in [2.05, 4.69) is 0 Å². The van der Waals surface area contributed by atoms with E-state index < -0.39 is 0 Å². The van der Waals surface area contributed by atoms with Crippen molar-refractivity contribution in [3.63, 3.8) is 0 Å². The number of carbonyl (C=O) groups excluding carboxylic acids is 1. The van der Waals surface area contributed by atoms with Gasteiger partial charge in [-0.25, -0.2) is 0 Å². The fourth-order valence-corrected chi connectivity index (χ4v) is 3.13. The summed E-state index contributed by atoms with van der Waals surface area (Å²) in [6.45, 7) is 1.64. The van der Waals surface area contributed by atoms with Crippen molar-refractivity contribution in [1.29, 1.82) is 0 Å². The Kier molecular flexibility index (Phi) is 5.26. The largest absolute Gasteiger partial charge is 0.459 e. The van der Waals surface area contributed by atoms with Gasteiger partial charge in [-0.1, -0.05) is 29.3 Å². The lowest BCUT2D eigenvalue weighted by atomic mass is 10.1. The van der Waals surface area contributed by atoms with E-state index in [4.69, 9.17) is 32.4 Å². The van der Waals surface area contributed by atoms with E-state index in [-0.39, 0.29) is 12.0 Å². The van der Waals surface area contributed by atoms with Crippen LogP contribution in [0, 0.1) is 0 Å². The fraction of sp³-hybridized carbons (Fsp3) is 0.353. The average Bonchev–Trinajstić information content (AvgIpc) is 3.21. The summed E-state index contributed by atoms with van der Waals surface area (Å²) >= 11 is 12.2. The van der Waals surface area contributed by atoms with Crippen LogP contribution in [0.3, 0.4) is 0 Å². The zero-order valence-electron chi connectivity index (χ0n) is 12.5. The van der Waals surface area contributed by atoms with Crippen molar-refractivity contribution in [2.24, 2.45) is 0 Å². The van der Waals surface area contributed by atoms with Gasteiger partial charge >= 0.3 is 0 Å². The summed E-state index contributed by atoms with van der Waals surface area (Å²) in [5.41, 5.74) is 0.842. The molecule has 2 aromatic rings. The molecule has 6 heteroatoms. The number of hydrogen-bond acceptors (Lipinski definition) is 3. The van der Waals surface area contributed by atoms with Gasteiger partial charge in [0.15, 0.2) is 5.76 Å². The molecule has 0 bridgehead atoms. The van der Waals surface area contributed by atoms with E-state index in [9.17, 15) is 4.79 Å². The Morgan fingerprint density at radius 1 is 1.30 bits per heavy atom. The predicted molar refractivity (Wildman–Crippen MR) is 88.9 cm³/mol. The maximum atomic E-state index is 12.7. The SMILES string of the molecule is O=C(c1ccco1)N(Cc1ccc(Cl)cc1Cl)C[C@H]1CCCO1. The maximum Gasteiger partial charge on any atom is 0.289 e. The molecule has 1 fully saturated rings. The fourth-order valence-electron chi connectivity index (χ4n) is 2.67. The van der Waals surface area contributed by atoms with Crippen LogP contribution in [0.1, 0.15) is 29.0 Å². The second kappa shape index (κ2) is 7.39. The summed E-state index contributed by atoms with van der Waals surface area (Å²) in [6, 6.07) is 8.65. The molecule has 122 valence electrons. The summed E-state index contributed by atoms with van der Waals surface area (Å²) < 4.78 is 10.9. The highest BCUT2D eigenvalue weighted by molar-refractivity contribution is 6.35. The summed E-state index contributed by atoms with van der Waals surface area (Å²) in [6.07, 6.45) is 3.53. The number of amides is 1. The summed E-state index contributed by atoms with van der Waals surface area (Å²) in [4.78, 5) is 14.4. The molecule has 1 aliphatic rings. The standard InChI is InChI=1S/C17H17Cl2NO3/c18-13-6-5-12(15(19)9-13)10-20(11-14-3-1-7-22-14)17(21)16-4-2-8-23-16/h2,4-6,8-9,14H,1,3,7,10-11H2/t14-/m1/s1. The molecule has 0 saturated carbocycles. The van der Waals surface area contributed by atoms with Crippen LogP contribution in [-0.2, 0) is 11.3 Å². The second-order valence-electron chi connectivity index (χ2n) is 5.53. The number of rotatable bonds is 5. The third-order valence-corrected chi connectivity index (χ3v) is 4.43. The molecule has 1 amide bonds. The predicted octanol–water partition coefficient (Wildman–Crippen LogP) is 4.41. The first kappa shape index (κ1) is 16.4. The Morgan fingerprint density at radius 2 is 2.17 bits per heavy atom. The number of nitrogens with zero attached hydrogens (tertiary/aromatic N) is 1. The molecule has 1 atom stereocenters. The van der Waals surface area contributed by atoms with Crippen molar-refractivity contribution in [3.8, 4) is 0 Å². The normalized spacial score (nSPS) is 17.4. The minimum atomic E-state index is -0.170. The van der Waals surface area contributed by atoms with Gasteiger partial charge in [0.1, 0.15) is 0 Å². The Balaban J connectivity index is 1.80. The van der Waals surface area contributed by atoms with Crippen LogP contribution < -0.4 is 0 Å². The zero-order chi connectivity index (χ0) is 16.2. The zero-order valence-corrected chi connectivity index (χ0v) is 14.0. The molecule has 1 saturated heterocycles. The molecule has 0 spiro atoms. The van der Waals surface area contributed by atoms with Crippen LogP contribution >= 0.6 is 23.2 Å². The molecule has 1 aromatic heterocycles. The minimum absolute atomic E-state index is 0.0555. The second-order valence-corrected chi connectivity index (χ2v) is 6.38. The first-order chi connectivity index (χ1) is 11.1. The molecule has 0 unspecified atom stereocenters. The molecular formula is C17H17Cl2NO3. The van der Waals surface area contributed by atoms with E-state index in [0.717, 1.165) is 25.0 Å². The molecule has 0 aliphatic carbocycles. The highest BCUT2D eigenvalue weighted by atomic mass is 35.5. The first-order valence-electron chi connectivity index (χ1n) is 7.52. The highest BCUT2D eigenvalue weighted by Crippen LogP contribution is 2.24. The topological polar surface area (TPSA) is 42.7 Å². The lowest BCUT2D eigenvalue weighted by Gasteiger charge is -2.25. The van der Waals surface area contributed by atoms with Crippen molar-refractivity contribution in [3.05, 3.63) is 58.0 Å².